The summed E-state index contributed by atoms with van der Waals surface area (Å²) >= 11 is 0. The SMILES string of the molecule is CC(=O)NCCNc1nc(-c2ccccc2)cn2c(-c3ccc(C(=O)NC4CC4)cc3)cnc12. The van der Waals surface area contributed by atoms with Crippen molar-refractivity contribution in [3.63, 3.8) is 0 Å². The maximum Gasteiger partial charge on any atom is 0.251 e. The first-order chi connectivity index (χ1) is 16.6. The van der Waals surface area contributed by atoms with Crippen LogP contribution in [-0.4, -0.2) is 45.3 Å². The highest BCUT2D eigenvalue weighted by atomic mass is 16.2. The van der Waals surface area contributed by atoms with Crippen molar-refractivity contribution in [3.05, 3.63) is 72.6 Å². The third kappa shape index (κ3) is 4.76. The second-order valence-corrected chi connectivity index (χ2v) is 8.41. The summed E-state index contributed by atoms with van der Waals surface area (Å²) in [5.74, 6) is 0.530. The van der Waals surface area contributed by atoms with Crippen LogP contribution in [0.5, 0.6) is 0 Å². The monoisotopic (exact) mass is 454 g/mol. The average Bonchev–Trinajstić information content (AvgIpc) is 3.57. The minimum atomic E-state index is -0.0738. The van der Waals surface area contributed by atoms with E-state index in [4.69, 9.17) is 4.98 Å². The summed E-state index contributed by atoms with van der Waals surface area (Å²) in [7, 11) is 0. The number of hydrogen-bond donors (Lipinski definition) is 3. The number of rotatable bonds is 8. The maximum absolute atomic E-state index is 12.3. The molecule has 8 nitrogen and oxygen atoms in total. The van der Waals surface area contributed by atoms with Gasteiger partial charge in [-0.3, -0.25) is 14.0 Å². The smallest absolute Gasteiger partial charge is 0.251 e. The molecule has 2 aromatic carbocycles. The Hall–Kier alpha value is -4.20. The second kappa shape index (κ2) is 9.35. The van der Waals surface area contributed by atoms with Gasteiger partial charge in [0.1, 0.15) is 0 Å². The van der Waals surface area contributed by atoms with Gasteiger partial charge in [-0.25, -0.2) is 9.97 Å². The molecule has 4 aromatic rings. The van der Waals surface area contributed by atoms with Gasteiger partial charge in [-0.05, 0) is 25.0 Å². The molecule has 172 valence electrons. The first-order valence-electron chi connectivity index (χ1n) is 11.4. The molecule has 2 amide bonds. The lowest BCUT2D eigenvalue weighted by Crippen LogP contribution is -2.26. The predicted octanol–water partition coefficient (Wildman–Crippen LogP) is 3.50. The van der Waals surface area contributed by atoms with E-state index in [1.807, 2.05) is 71.4 Å². The molecular weight excluding hydrogens is 428 g/mol. The molecule has 0 unspecified atom stereocenters. The minimum absolute atomic E-state index is 0.0339. The van der Waals surface area contributed by atoms with E-state index in [-0.39, 0.29) is 11.8 Å². The normalized spacial score (nSPS) is 13.0. The van der Waals surface area contributed by atoms with Gasteiger partial charge in [-0.1, -0.05) is 42.5 Å². The van der Waals surface area contributed by atoms with E-state index >= 15 is 0 Å². The molecule has 2 heterocycles. The Balaban J connectivity index is 1.49. The molecular formula is C26H26N6O2. The Morgan fingerprint density at radius 2 is 1.76 bits per heavy atom. The summed E-state index contributed by atoms with van der Waals surface area (Å²) in [5, 5.41) is 9.11. The number of amides is 2. The van der Waals surface area contributed by atoms with E-state index in [1.165, 1.54) is 6.92 Å². The summed E-state index contributed by atoms with van der Waals surface area (Å²) in [6, 6.07) is 17.9. The lowest BCUT2D eigenvalue weighted by atomic mass is 10.1. The number of carbonyl (C=O) groups is 2. The van der Waals surface area contributed by atoms with Crippen molar-refractivity contribution in [1.82, 2.24) is 25.0 Å². The fraction of sp³-hybridized carbons (Fsp3) is 0.231. The van der Waals surface area contributed by atoms with E-state index in [0.29, 0.717) is 36.2 Å². The molecule has 34 heavy (non-hydrogen) atoms. The van der Waals surface area contributed by atoms with Crippen LogP contribution in [0.25, 0.3) is 28.2 Å². The molecule has 5 rings (SSSR count). The van der Waals surface area contributed by atoms with Crippen molar-refractivity contribution in [2.24, 2.45) is 0 Å². The summed E-state index contributed by atoms with van der Waals surface area (Å²) in [4.78, 5) is 33.0. The number of aromatic nitrogens is 3. The van der Waals surface area contributed by atoms with E-state index in [1.54, 1.807) is 0 Å². The number of carbonyl (C=O) groups excluding carboxylic acids is 2. The Morgan fingerprint density at radius 3 is 2.47 bits per heavy atom. The molecule has 8 heteroatoms. The van der Waals surface area contributed by atoms with Crippen molar-refractivity contribution in [2.75, 3.05) is 18.4 Å². The Morgan fingerprint density at radius 1 is 1.00 bits per heavy atom. The molecule has 0 atom stereocenters. The van der Waals surface area contributed by atoms with Gasteiger partial charge < -0.3 is 16.0 Å². The molecule has 0 spiro atoms. The predicted molar refractivity (Wildman–Crippen MR) is 132 cm³/mol. The average molecular weight is 455 g/mol. The first-order valence-corrected chi connectivity index (χ1v) is 11.4. The van der Waals surface area contributed by atoms with Gasteiger partial charge in [0.2, 0.25) is 5.91 Å². The van der Waals surface area contributed by atoms with Crippen molar-refractivity contribution < 1.29 is 9.59 Å². The number of fused-ring (bicyclic) bond motifs is 1. The van der Waals surface area contributed by atoms with Crippen molar-refractivity contribution in [2.45, 2.75) is 25.8 Å². The third-order valence-corrected chi connectivity index (χ3v) is 5.71. The molecule has 0 saturated heterocycles. The van der Waals surface area contributed by atoms with Gasteiger partial charge in [0.15, 0.2) is 11.5 Å². The highest BCUT2D eigenvalue weighted by Crippen LogP contribution is 2.28. The van der Waals surface area contributed by atoms with Gasteiger partial charge in [0, 0.05) is 48.9 Å². The van der Waals surface area contributed by atoms with Gasteiger partial charge in [0.25, 0.3) is 5.91 Å². The lowest BCUT2D eigenvalue weighted by Gasteiger charge is -2.12. The molecule has 1 saturated carbocycles. The Kier molecular flexibility index (Phi) is 5.95. The van der Waals surface area contributed by atoms with Crippen LogP contribution < -0.4 is 16.0 Å². The van der Waals surface area contributed by atoms with Gasteiger partial charge in [-0.2, -0.15) is 0 Å². The quantitative estimate of drug-likeness (QED) is 0.354. The number of hydrogen-bond acceptors (Lipinski definition) is 5. The zero-order valence-corrected chi connectivity index (χ0v) is 18.9. The standard InChI is InChI=1S/C26H26N6O2/c1-17(33)27-13-14-28-24-25-29-15-23(32(25)16-22(31-24)18-5-3-2-4-6-18)19-7-9-20(10-8-19)26(34)30-21-11-12-21/h2-10,15-16,21H,11-14H2,1H3,(H,27,33)(H,28,31)(H,30,34). The maximum atomic E-state index is 12.3. The Bertz CT molecular complexity index is 1330. The number of nitrogens with zero attached hydrogens (tertiary/aromatic N) is 3. The summed E-state index contributed by atoms with van der Waals surface area (Å²) < 4.78 is 2.01. The fourth-order valence-corrected chi connectivity index (χ4v) is 3.78. The lowest BCUT2D eigenvalue weighted by molar-refractivity contribution is -0.118. The highest BCUT2D eigenvalue weighted by Gasteiger charge is 2.23. The zero-order valence-electron chi connectivity index (χ0n) is 18.9. The molecule has 1 aliphatic rings. The van der Waals surface area contributed by atoms with E-state index < -0.39 is 0 Å². The highest BCUT2D eigenvalue weighted by molar-refractivity contribution is 5.95. The molecule has 3 N–H and O–H groups in total. The van der Waals surface area contributed by atoms with Crippen LogP contribution in [0.4, 0.5) is 5.82 Å². The molecule has 0 radical (unpaired) electrons. The van der Waals surface area contributed by atoms with Crippen LogP contribution in [0.1, 0.15) is 30.1 Å². The minimum Gasteiger partial charge on any atom is -0.365 e. The van der Waals surface area contributed by atoms with Crippen molar-refractivity contribution in [3.8, 4) is 22.5 Å². The van der Waals surface area contributed by atoms with Crippen LogP contribution >= 0.6 is 0 Å². The molecule has 0 aliphatic heterocycles. The topological polar surface area (TPSA) is 100 Å². The second-order valence-electron chi connectivity index (χ2n) is 8.41. The van der Waals surface area contributed by atoms with Crippen LogP contribution in [0.15, 0.2) is 67.0 Å². The summed E-state index contributed by atoms with van der Waals surface area (Å²) in [5.41, 5.74) is 4.97. The third-order valence-electron chi connectivity index (χ3n) is 5.71. The van der Waals surface area contributed by atoms with E-state index in [2.05, 4.69) is 20.9 Å². The van der Waals surface area contributed by atoms with Gasteiger partial charge in [0.05, 0.1) is 17.6 Å². The molecule has 2 aromatic heterocycles. The zero-order chi connectivity index (χ0) is 23.5. The largest absolute Gasteiger partial charge is 0.365 e. The molecule has 0 bridgehead atoms. The van der Waals surface area contributed by atoms with Gasteiger partial charge >= 0.3 is 0 Å². The number of anilines is 1. The van der Waals surface area contributed by atoms with Crippen LogP contribution in [0, 0.1) is 0 Å². The fourth-order valence-electron chi connectivity index (χ4n) is 3.78. The summed E-state index contributed by atoms with van der Waals surface area (Å²) in [6.45, 7) is 2.50. The number of nitrogens with one attached hydrogen (secondary N) is 3. The molecule has 1 aliphatic carbocycles. The number of imidazole rings is 1. The van der Waals surface area contributed by atoms with E-state index in [9.17, 15) is 9.59 Å². The van der Waals surface area contributed by atoms with Gasteiger partial charge in [-0.15, -0.1) is 0 Å². The summed E-state index contributed by atoms with van der Waals surface area (Å²) in [6.07, 6.45) is 5.90. The first kappa shape index (κ1) is 21.6. The van der Waals surface area contributed by atoms with Crippen molar-refractivity contribution in [1.29, 1.82) is 0 Å². The Labute approximate surface area is 197 Å². The van der Waals surface area contributed by atoms with E-state index in [0.717, 1.165) is 35.4 Å². The van der Waals surface area contributed by atoms with Crippen LogP contribution in [0.2, 0.25) is 0 Å². The van der Waals surface area contributed by atoms with Crippen molar-refractivity contribution >= 4 is 23.3 Å². The number of benzene rings is 2. The molecule has 1 fully saturated rings. The van der Waals surface area contributed by atoms with Crippen LogP contribution in [0.3, 0.4) is 0 Å². The van der Waals surface area contributed by atoms with Crippen LogP contribution in [-0.2, 0) is 4.79 Å².